The number of H-pyrrole nitrogens is 1. The smallest absolute Gasteiger partial charge is 0.273 e. The molecule has 2 aromatic heterocycles. The summed E-state index contributed by atoms with van der Waals surface area (Å²) in [5.41, 5.74) is 3.63. The number of hydrogen-bond donors (Lipinski definition) is 1. The van der Waals surface area contributed by atoms with Crippen LogP contribution in [0.25, 0.3) is 28.0 Å². The van der Waals surface area contributed by atoms with Gasteiger partial charge in [-0.1, -0.05) is 23.7 Å². The minimum absolute atomic E-state index is 0.170. The molecule has 0 saturated carbocycles. The van der Waals surface area contributed by atoms with Gasteiger partial charge in [0, 0.05) is 28.4 Å². The van der Waals surface area contributed by atoms with Crippen molar-refractivity contribution in [2.45, 2.75) is 0 Å². The van der Waals surface area contributed by atoms with Crippen molar-refractivity contribution in [3.8, 4) is 28.1 Å². The lowest BCUT2D eigenvalue weighted by Crippen LogP contribution is -2.14. The van der Waals surface area contributed by atoms with E-state index in [1.165, 1.54) is 10.6 Å². The normalized spacial score (nSPS) is 11.0. The number of nitrogens with zero attached hydrogens (tertiary/aromatic N) is 2. The van der Waals surface area contributed by atoms with Crippen LogP contribution in [0.1, 0.15) is 0 Å². The Morgan fingerprint density at radius 3 is 2.40 bits per heavy atom. The lowest BCUT2D eigenvalue weighted by molar-refractivity contribution is 0.415. The molecule has 0 saturated heterocycles. The molecule has 0 unspecified atom stereocenters. The molecule has 6 heteroatoms. The number of aromatic amines is 1. The van der Waals surface area contributed by atoms with Gasteiger partial charge < -0.3 is 4.74 Å². The molecular formula is C19H14ClN3O2. The summed E-state index contributed by atoms with van der Waals surface area (Å²) in [6.45, 7) is 0. The molecule has 124 valence electrons. The molecule has 0 aliphatic carbocycles. The van der Waals surface area contributed by atoms with E-state index in [0.29, 0.717) is 16.4 Å². The first-order valence-corrected chi connectivity index (χ1v) is 8.05. The summed E-state index contributed by atoms with van der Waals surface area (Å²) in [6, 6.07) is 16.4. The number of aromatic nitrogens is 3. The van der Waals surface area contributed by atoms with Crippen LogP contribution in [0.3, 0.4) is 0 Å². The van der Waals surface area contributed by atoms with E-state index in [1.807, 2.05) is 48.5 Å². The van der Waals surface area contributed by atoms with Crippen LogP contribution in [0.15, 0.2) is 65.6 Å². The first-order chi connectivity index (χ1) is 12.2. The van der Waals surface area contributed by atoms with E-state index in [-0.39, 0.29) is 5.56 Å². The molecule has 0 spiro atoms. The first kappa shape index (κ1) is 15.5. The van der Waals surface area contributed by atoms with Gasteiger partial charge in [-0.25, -0.2) is 9.50 Å². The maximum Gasteiger partial charge on any atom is 0.273 e. The highest BCUT2D eigenvalue weighted by molar-refractivity contribution is 6.30. The molecule has 2 heterocycles. The van der Waals surface area contributed by atoms with Gasteiger partial charge in [0.05, 0.1) is 12.8 Å². The monoisotopic (exact) mass is 351 g/mol. The molecule has 0 radical (unpaired) electrons. The summed E-state index contributed by atoms with van der Waals surface area (Å²) in [7, 11) is 1.61. The largest absolute Gasteiger partial charge is 0.497 e. The average molecular weight is 352 g/mol. The highest BCUT2D eigenvalue weighted by Crippen LogP contribution is 2.26. The van der Waals surface area contributed by atoms with Gasteiger partial charge in [0.15, 0.2) is 5.65 Å². The van der Waals surface area contributed by atoms with E-state index in [4.69, 9.17) is 16.3 Å². The van der Waals surface area contributed by atoms with Gasteiger partial charge in [0.2, 0.25) is 0 Å². The van der Waals surface area contributed by atoms with Crippen LogP contribution < -0.4 is 10.3 Å². The Bertz CT molecular complexity index is 1100. The van der Waals surface area contributed by atoms with Gasteiger partial charge in [-0.05, 0) is 42.0 Å². The molecule has 1 N–H and O–H groups in total. The number of rotatable bonds is 3. The van der Waals surface area contributed by atoms with Gasteiger partial charge in [0.25, 0.3) is 5.56 Å². The van der Waals surface area contributed by atoms with Crippen molar-refractivity contribution in [2.24, 2.45) is 0 Å². The van der Waals surface area contributed by atoms with Gasteiger partial charge >= 0.3 is 0 Å². The van der Waals surface area contributed by atoms with Gasteiger partial charge in [0.1, 0.15) is 5.75 Å². The lowest BCUT2D eigenvalue weighted by Gasteiger charge is -2.05. The summed E-state index contributed by atoms with van der Waals surface area (Å²) in [5.74, 6) is 0.755. The molecule has 5 nitrogen and oxygen atoms in total. The van der Waals surface area contributed by atoms with Crippen LogP contribution in [0.4, 0.5) is 0 Å². The minimum Gasteiger partial charge on any atom is -0.497 e. The predicted octanol–water partition coefficient (Wildman–Crippen LogP) is 4.02. The highest BCUT2D eigenvalue weighted by Gasteiger charge is 2.12. The van der Waals surface area contributed by atoms with Crippen LogP contribution in [-0.4, -0.2) is 21.7 Å². The van der Waals surface area contributed by atoms with E-state index in [1.54, 1.807) is 13.3 Å². The van der Waals surface area contributed by atoms with Gasteiger partial charge in [-0.15, -0.1) is 0 Å². The third kappa shape index (κ3) is 2.79. The third-order valence-electron chi connectivity index (χ3n) is 4.04. The van der Waals surface area contributed by atoms with Crippen molar-refractivity contribution in [2.75, 3.05) is 7.11 Å². The fraction of sp³-hybridized carbons (Fsp3) is 0.0526. The average Bonchev–Trinajstić information content (AvgIpc) is 3.07. The number of fused-ring (bicyclic) bond motifs is 1. The quantitative estimate of drug-likeness (QED) is 0.606. The number of hydrogen-bond acceptors (Lipinski definition) is 3. The molecule has 0 amide bonds. The van der Waals surface area contributed by atoms with Gasteiger partial charge in [-0.3, -0.25) is 9.89 Å². The van der Waals surface area contributed by atoms with Crippen molar-refractivity contribution in [3.05, 3.63) is 76.2 Å². The molecule has 0 fully saturated rings. The second kappa shape index (κ2) is 6.11. The summed E-state index contributed by atoms with van der Waals surface area (Å²) < 4.78 is 6.60. The van der Waals surface area contributed by atoms with Gasteiger partial charge in [-0.2, -0.15) is 0 Å². The Balaban J connectivity index is 1.88. The zero-order chi connectivity index (χ0) is 17.4. The van der Waals surface area contributed by atoms with Crippen molar-refractivity contribution in [1.29, 1.82) is 0 Å². The molecule has 25 heavy (non-hydrogen) atoms. The SMILES string of the molecule is COc1ccc(-c2cc(=O)n3[nH]cc(-c4ccc(Cl)cc4)c3n2)cc1. The molecular weight excluding hydrogens is 338 g/mol. The number of halogens is 1. The fourth-order valence-electron chi connectivity index (χ4n) is 2.73. The second-order valence-corrected chi connectivity index (χ2v) is 6.00. The number of methoxy groups -OCH3 is 1. The Morgan fingerprint density at radius 2 is 1.72 bits per heavy atom. The van der Waals surface area contributed by atoms with E-state index < -0.39 is 0 Å². The van der Waals surface area contributed by atoms with Crippen molar-refractivity contribution >= 4 is 17.2 Å². The summed E-state index contributed by atoms with van der Waals surface area (Å²) in [5, 5.41) is 3.62. The van der Waals surface area contributed by atoms with Crippen molar-refractivity contribution < 1.29 is 4.74 Å². The standard InChI is InChI=1S/C19H14ClN3O2/c1-25-15-8-4-13(5-9-15)17-10-18(24)23-19(22-17)16(11-21-23)12-2-6-14(20)7-3-12/h2-11,21H,1H3. The summed E-state index contributed by atoms with van der Waals surface area (Å²) >= 11 is 5.96. The molecule has 0 aliphatic rings. The first-order valence-electron chi connectivity index (χ1n) is 7.67. The zero-order valence-electron chi connectivity index (χ0n) is 13.4. The summed E-state index contributed by atoms with van der Waals surface area (Å²) in [4.78, 5) is 17.1. The molecule has 2 aromatic carbocycles. The zero-order valence-corrected chi connectivity index (χ0v) is 14.1. The predicted molar refractivity (Wildman–Crippen MR) is 98.2 cm³/mol. The van der Waals surface area contributed by atoms with E-state index in [9.17, 15) is 4.79 Å². The Morgan fingerprint density at radius 1 is 1.04 bits per heavy atom. The highest BCUT2D eigenvalue weighted by atomic mass is 35.5. The second-order valence-electron chi connectivity index (χ2n) is 5.56. The Kier molecular flexibility index (Phi) is 3.78. The van der Waals surface area contributed by atoms with E-state index in [0.717, 1.165) is 22.4 Å². The molecule has 4 rings (SSSR count). The van der Waals surface area contributed by atoms with Crippen molar-refractivity contribution in [1.82, 2.24) is 14.6 Å². The number of ether oxygens (including phenoxy) is 1. The molecule has 0 atom stereocenters. The minimum atomic E-state index is -0.170. The number of nitrogens with one attached hydrogen (secondary N) is 1. The topological polar surface area (TPSA) is 59.4 Å². The van der Waals surface area contributed by atoms with Crippen LogP contribution >= 0.6 is 11.6 Å². The number of benzene rings is 2. The van der Waals surface area contributed by atoms with Crippen molar-refractivity contribution in [3.63, 3.8) is 0 Å². The molecule has 0 aliphatic heterocycles. The van der Waals surface area contributed by atoms with Crippen LogP contribution in [0.2, 0.25) is 5.02 Å². The maximum absolute atomic E-state index is 12.4. The lowest BCUT2D eigenvalue weighted by atomic mass is 10.1. The van der Waals surface area contributed by atoms with E-state index in [2.05, 4.69) is 10.1 Å². The summed E-state index contributed by atoms with van der Waals surface area (Å²) in [6.07, 6.45) is 1.77. The Labute approximate surface area is 148 Å². The molecule has 4 aromatic rings. The Hall–Kier alpha value is -3.05. The van der Waals surface area contributed by atoms with Crippen LogP contribution in [0, 0.1) is 0 Å². The molecule has 0 bridgehead atoms. The van der Waals surface area contributed by atoms with Crippen LogP contribution in [0.5, 0.6) is 5.75 Å². The maximum atomic E-state index is 12.4. The third-order valence-corrected chi connectivity index (χ3v) is 4.29. The fourth-order valence-corrected chi connectivity index (χ4v) is 2.86. The van der Waals surface area contributed by atoms with E-state index >= 15 is 0 Å². The van der Waals surface area contributed by atoms with Crippen LogP contribution in [-0.2, 0) is 0 Å².